The lowest BCUT2D eigenvalue weighted by Gasteiger charge is -2.23. The Balaban J connectivity index is 3.82. The van der Waals surface area contributed by atoms with Gasteiger partial charge in [0.2, 0.25) is 5.91 Å². The summed E-state index contributed by atoms with van der Waals surface area (Å²) in [5.74, 6) is -0.722. The van der Waals surface area contributed by atoms with Crippen LogP contribution < -0.4 is 5.32 Å². The molecule has 0 radical (unpaired) electrons. The van der Waals surface area contributed by atoms with E-state index in [4.69, 9.17) is 14.9 Å². The van der Waals surface area contributed by atoms with Crippen LogP contribution in [0.2, 0.25) is 0 Å². The van der Waals surface area contributed by atoms with Crippen molar-refractivity contribution in [2.75, 3.05) is 26.4 Å². The van der Waals surface area contributed by atoms with Gasteiger partial charge >= 0.3 is 5.97 Å². The van der Waals surface area contributed by atoms with Gasteiger partial charge in [-0.3, -0.25) is 9.59 Å². The van der Waals surface area contributed by atoms with Crippen molar-refractivity contribution in [3.8, 4) is 0 Å². The molecule has 0 aliphatic rings. The molecule has 6 heteroatoms. The topological polar surface area (TPSA) is 95.9 Å². The summed E-state index contributed by atoms with van der Waals surface area (Å²) in [5, 5.41) is 20.5. The minimum atomic E-state index is -1.18. The number of nitrogens with one attached hydrogen (secondary N) is 1. The number of rotatable bonds is 8. The first-order valence-corrected chi connectivity index (χ1v) is 5.65. The molecular weight excluding hydrogens is 226 g/mol. The molecule has 0 spiro atoms. The van der Waals surface area contributed by atoms with E-state index in [1.807, 2.05) is 0 Å². The molecule has 0 aromatic heterocycles. The maximum atomic E-state index is 11.6. The summed E-state index contributed by atoms with van der Waals surface area (Å²) in [5.41, 5.74) is -1.18. The monoisotopic (exact) mass is 247 g/mol. The van der Waals surface area contributed by atoms with E-state index >= 15 is 0 Å². The third-order valence-corrected chi connectivity index (χ3v) is 2.39. The van der Waals surface area contributed by atoms with Crippen molar-refractivity contribution in [1.82, 2.24) is 5.32 Å². The highest BCUT2D eigenvalue weighted by Crippen LogP contribution is 2.13. The van der Waals surface area contributed by atoms with Gasteiger partial charge in [0, 0.05) is 13.0 Å². The van der Waals surface area contributed by atoms with Crippen LogP contribution in [0.15, 0.2) is 0 Å². The van der Waals surface area contributed by atoms with Gasteiger partial charge in [0.15, 0.2) is 0 Å². The summed E-state index contributed by atoms with van der Waals surface area (Å²) < 4.78 is 4.73. The first kappa shape index (κ1) is 15.9. The number of ether oxygens (including phenoxy) is 1. The molecule has 17 heavy (non-hydrogen) atoms. The summed E-state index contributed by atoms with van der Waals surface area (Å²) in [4.78, 5) is 22.5. The molecule has 0 fully saturated rings. The molecule has 0 bridgehead atoms. The minimum Gasteiger partial charge on any atom is -0.466 e. The van der Waals surface area contributed by atoms with Crippen LogP contribution in [0.5, 0.6) is 0 Å². The van der Waals surface area contributed by atoms with Gasteiger partial charge in [0.25, 0.3) is 0 Å². The van der Waals surface area contributed by atoms with Gasteiger partial charge in [-0.25, -0.2) is 0 Å². The summed E-state index contributed by atoms with van der Waals surface area (Å²) in [6.07, 6.45) is 0.709. The third-order valence-electron chi connectivity index (χ3n) is 2.39. The normalized spacial score (nSPS) is 11.1. The highest BCUT2D eigenvalue weighted by molar-refractivity contribution is 5.82. The fourth-order valence-electron chi connectivity index (χ4n) is 1.07. The number of carbonyl (C=O) groups excluding carboxylic acids is 2. The molecule has 0 aromatic carbocycles. The lowest BCUT2D eigenvalue weighted by molar-refractivity contribution is -0.143. The standard InChI is InChI=1S/C11H21NO5/c1-3-17-9(15)5-4-6-12-10(16)11(2,7-13)8-14/h13-14H,3-8H2,1-2H3,(H,12,16). The second-order valence-electron chi connectivity index (χ2n) is 4.04. The van der Waals surface area contributed by atoms with Crippen LogP contribution >= 0.6 is 0 Å². The Morgan fingerprint density at radius 2 is 1.88 bits per heavy atom. The van der Waals surface area contributed by atoms with Crippen molar-refractivity contribution < 1.29 is 24.5 Å². The number of aliphatic hydroxyl groups is 2. The van der Waals surface area contributed by atoms with Gasteiger partial charge in [0.05, 0.1) is 25.2 Å². The molecule has 0 rings (SSSR count). The van der Waals surface area contributed by atoms with E-state index in [1.165, 1.54) is 6.92 Å². The van der Waals surface area contributed by atoms with E-state index in [9.17, 15) is 9.59 Å². The van der Waals surface area contributed by atoms with Crippen molar-refractivity contribution in [3.63, 3.8) is 0 Å². The zero-order valence-corrected chi connectivity index (χ0v) is 10.4. The fraction of sp³-hybridized carbons (Fsp3) is 0.818. The average molecular weight is 247 g/mol. The van der Waals surface area contributed by atoms with E-state index in [1.54, 1.807) is 6.92 Å². The highest BCUT2D eigenvalue weighted by Gasteiger charge is 2.31. The van der Waals surface area contributed by atoms with Crippen molar-refractivity contribution in [2.45, 2.75) is 26.7 Å². The second-order valence-corrected chi connectivity index (χ2v) is 4.04. The van der Waals surface area contributed by atoms with E-state index in [0.29, 0.717) is 19.6 Å². The zero-order chi connectivity index (χ0) is 13.3. The van der Waals surface area contributed by atoms with Gasteiger partial charge in [0.1, 0.15) is 0 Å². The first-order valence-electron chi connectivity index (χ1n) is 5.65. The summed E-state index contributed by atoms with van der Waals surface area (Å²) >= 11 is 0. The molecule has 100 valence electrons. The Morgan fingerprint density at radius 1 is 1.29 bits per heavy atom. The van der Waals surface area contributed by atoms with Crippen LogP contribution in [-0.2, 0) is 14.3 Å². The summed E-state index contributed by atoms with van der Waals surface area (Å²) in [7, 11) is 0. The number of carbonyl (C=O) groups is 2. The highest BCUT2D eigenvalue weighted by atomic mass is 16.5. The van der Waals surface area contributed by atoms with E-state index in [0.717, 1.165) is 0 Å². The molecule has 0 saturated heterocycles. The molecule has 6 nitrogen and oxygen atoms in total. The number of amides is 1. The van der Waals surface area contributed by atoms with E-state index in [-0.39, 0.29) is 12.4 Å². The number of hydrogen-bond acceptors (Lipinski definition) is 5. The Hall–Kier alpha value is -1.14. The van der Waals surface area contributed by atoms with Gasteiger partial charge in [-0.2, -0.15) is 0 Å². The lowest BCUT2D eigenvalue weighted by Crippen LogP contribution is -2.44. The Labute approximate surface area is 101 Å². The average Bonchev–Trinajstić information content (AvgIpc) is 2.33. The third kappa shape index (κ3) is 5.65. The molecule has 1 amide bonds. The number of esters is 1. The van der Waals surface area contributed by atoms with Crippen LogP contribution in [0.25, 0.3) is 0 Å². The Bertz CT molecular complexity index is 250. The van der Waals surface area contributed by atoms with E-state index < -0.39 is 24.5 Å². The second kappa shape index (κ2) is 8.03. The minimum absolute atomic E-state index is 0.239. The molecule has 0 aromatic rings. The van der Waals surface area contributed by atoms with Crippen molar-refractivity contribution in [3.05, 3.63) is 0 Å². The molecule has 0 heterocycles. The fourth-order valence-corrected chi connectivity index (χ4v) is 1.07. The Kier molecular flexibility index (Phi) is 7.49. The zero-order valence-electron chi connectivity index (χ0n) is 10.4. The van der Waals surface area contributed by atoms with Gasteiger partial charge in [-0.15, -0.1) is 0 Å². The molecule has 3 N–H and O–H groups in total. The van der Waals surface area contributed by atoms with Crippen LogP contribution in [-0.4, -0.2) is 48.5 Å². The molecule has 0 unspecified atom stereocenters. The van der Waals surface area contributed by atoms with E-state index in [2.05, 4.69) is 5.32 Å². The van der Waals surface area contributed by atoms with Crippen LogP contribution in [0.3, 0.4) is 0 Å². The predicted molar refractivity (Wildman–Crippen MR) is 61.2 cm³/mol. The lowest BCUT2D eigenvalue weighted by atomic mass is 9.92. The molecule has 0 atom stereocenters. The largest absolute Gasteiger partial charge is 0.466 e. The quantitative estimate of drug-likeness (QED) is 0.394. The molecular formula is C11H21NO5. The van der Waals surface area contributed by atoms with Gasteiger partial charge in [-0.05, 0) is 20.3 Å². The summed E-state index contributed by atoms with van der Waals surface area (Å²) in [6, 6.07) is 0. The van der Waals surface area contributed by atoms with Crippen molar-refractivity contribution >= 4 is 11.9 Å². The van der Waals surface area contributed by atoms with Crippen molar-refractivity contribution in [2.24, 2.45) is 5.41 Å². The SMILES string of the molecule is CCOC(=O)CCCNC(=O)C(C)(CO)CO. The maximum absolute atomic E-state index is 11.6. The number of hydrogen-bond donors (Lipinski definition) is 3. The predicted octanol–water partition coefficient (Wildman–Crippen LogP) is -0.563. The van der Waals surface area contributed by atoms with Crippen LogP contribution in [0.4, 0.5) is 0 Å². The molecule has 0 aliphatic carbocycles. The molecule has 0 aliphatic heterocycles. The van der Waals surface area contributed by atoms with Crippen molar-refractivity contribution in [1.29, 1.82) is 0 Å². The number of aliphatic hydroxyl groups excluding tert-OH is 2. The van der Waals surface area contributed by atoms with Crippen LogP contribution in [0, 0.1) is 5.41 Å². The first-order chi connectivity index (χ1) is 8.00. The smallest absolute Gasteiger partial charge is 0.305 e. The Morgan fingerprint density at radius 3 is 2.35 bits per heavy atom. The van der Waals surface area contributed by atoms with Gasteiger partial charge in [-0.1, -0.05) is 0 Å². The summed E-state index contributed by atoms with van der Waals surface area (Å²) in [6.45, 7) is 3.01. The molecule has 0 saturated carbocycles. The van der Waals surface area contributed by atoms with Gasteiger partial charge < -0.3 is 20.3 Å². The van der Waals surface area contributed by atoms with Crippen LogP contribution in [0.1, 0.15) is 26.7 Å². The maximum Gasteiger partial charge on any atom is 0.305 e.